The SMILES string of the molecule is COc1nc2ccc(Br)cc2cc1C(c1ccccc1)C(O)(CCCCN(C)C)c1ccc2cc(Br)ccc2c1. The van der Waals surface area contributed by atoms with Crippen molar-refractivity contribution in [3.05, 3.63) is 117 Å². The second-order valence-corrected chi connectivity index (χ2v) is 12.5. The van der Waals surface area contributed by atoms with Crippen LogP contribution in [0.25, 0.3) is 21.7 Å². The molecule has 0 saturated heterocycles. The van der Waals surface area contributed by atoms with Crippen LogP contribution in [0.5, 0.6) is 5.88 Å². The summed E-state index contributed by atoms with van der Waals surface area (Å²) in [5, 5.41) is 16.3. The molecule has 0 spiro atoms. The van der Waals surface area contributed by atoms with Gasteiger partial charge < -0.3 is 14.7 Å². The molecular weight excluding hydrogens is 628 g/mol. The third-order valence-electron chi connectivity index (χ3n) is 7.60. The van der Waals surface area contributed by atoms with E-state index in [4.69, 9.17) is 9.72 Å². The zero-order valence-electron chi connectivity index (χ0n) is 23.1. The summed E-state index contributed by atoms with van der Waals surface area (Å²) < 4.78 is 7.93. The summed E-state index contributed by atoms with van der Waals surface area (Å²) in [4.78, 5) is 7.09. The van der Waals surface area contributed by atoms with Crippen LogP contribution in [0.3, 0.4) is 0 Å². The molecule has 0 bridgehead atoms. The summed E-state index contributed by atoms with van der Waals surface area (Å²) in [7, 11) is 5.83. The predicted octanol–water partition coefficient (Wildman–Crippen LogP) is 8.67. The van der Waals surface area contributed by atoms with Crippen LogP contribution in [0.15, 0.2) is 99.9 Å². The quantitative estimate of drug-likeness (QED) is 0.152. The number of benzene rings is 4. The second kappa shape index (κ2) is 12.4. The molecule has 5 aromatic rings. The van der Waals surface area contributed by atoms with Crippen LogP contribution in [0, 0.1) is 0 Å². The molecule has 40 heavy (non-hydrogen) atoms. The van der Waals surface area contributed by atoms with Gasteiger partial charge in [-0.2, -0.15) is 0 Å². The van der Waals surface area contributed by atoms with Gasteiger partial charge in [0, 0.05) is 25.8 Å². The molecule has 6 heteroatoms. The number of aromatic nitrogens is 1. The van der Waals surface area contributed by atoms with Crippen molar-refractivity contribution in [3.63, 3.8) is 0 Å². The van der Waals surface area contributed by atoms with E-state index in [9.17, 15) is 5.11 Å². The molecule has 0 amide bonds. The Hall–Kier alpha value is -2.77. The van der Waals surface area contributed by atoms with E-state index in [2.05, 4.69) is 105 Å². The van der Waals surface area contributed by atoms with E-state index < -0.39 is 11.5 Å². The molecule has 1 heterocycles. The number of hydrogen-bond donors (Lipinski definition) is 1. The summed E-state index contributed by atoms with van der Waals surface area (Å²) >= 11 is 7.21. The van der Waals surface area contributed by atoms with E-state index in [0.29, 0.717) is 12.3 Å². The van der Waals surface area contributed by atoms with E-state index in [0.717, 1.165) is 66.7 Å². The van der Waals surface area contributed by atoms with Gasteiger partial charge in [-0.1, -0.05) is 80.4 Å². The van der Waals surface area contributed by atoms with Gasteiger partial charge in [-0.05, 0) is 104 Å². The van der Waals surface area contributed by atoms with Crippen molar-refractivity contribution < 1.29 is 9.84 Å². The van der Waals surface area contributed by atoms with Gasteiger partial charge in [0.25, 0.3) is 0 Å². The number of methoxy groups -OCH3 is 1. The van der Waals surface area contributed by atoms with E-state index in [1.54, 1.807) is 7.11 Å². The molecular formula is C34H34Br2N2O2. The number of unbranched alkanes of at least 4 members (excludes halogenated alkanes) is 1. The Labute approximate surface area is 253 Å². The normalized spacial score (nSPS) is 14.0. The zero-order chi connectivity index (χ0) is 28.3. The Morgan fingerprint density at radius 2 is 1.50 bits per heavy atom. The number of nitrogens with zero attached hydrogens (tertiary/aromatic N) is 2. The van der Waals surface area contributed by atoms with Gasteiger partial charge in [-0.15, -0.1) is 0 Å². The lowest BCUT2D eigenvalue weighted by atomic mass is 9.71. The van der Waals surface area contributed by atoms with Crippen LogP contribution >= 0.6 is 31.9 Å². The van der Waals surface area contributed by atoms with Gasteiger partial charge in [-0.25, -0.2) is 4.98 Å². The van der Waals surface area contributed by atoms with Gasteiger partial charge in [0.1, 0.15) is 5.60 Å². The molecule has 2 unspecified atom stereocenters. The zero-order valence-corrected chi connectivity index (χ0v) is 26.2. The molecule has 206 valence electrons. The molecule has 0 fully saturated rings. The molecule has 2 atom stereocenters. The number of aliphatic hydroxyl groups is 1. The molecule has 4 aromatic carbocycles. The Morgan fingerprint density at radius 3 is 2.23 bits per heavy atom. The van der Waals surface area contributed by atoms with Gasteiger partial charge in [0.2, 0.25) is 5.88 Å². The Morgan fingerprint density at radius 1 is 0.825 bits per heavy atom. The molecule has 1 N–H and O–H groups in total. The fourth-order valence-corrected chi connectivity index (χ4v) is 6.40. The Bertz CT molecular complexity index is 1620. The van der Waals surface area contributed by atoms with E-state index >= 15 is 0 Å². The van der Waals surface area contributed by atoms with E-state index in [1.807, 2.05) is 36.4 Å². The molecule has 1 aromatic heterocycles. The fourth-order valence-electron chi connectivity index (χ4n) is 5.64. The third-order valence-corrected chi connectivity index (χ3v) is 8.59. The van der Waals surface area contributed by atoms with Crippen LogP contribution < -0.4 is 4.74 Å². The maximum Gasteiger partial charge on any atom is 0.217 e. The van der Waals surface area contributed by atoms with Crippen LogP contribution in [0.2, 0.25) is 0 Å². The highest BCUT2D eigenvalue weighted by Gasteiger charge is 2.42. The first kappa shape index (κ1) is 28.7. The summed E-state index contributed by atoms with van der Waals surface area (Å²) in [5.74, 6) is 0.117. The number of hydrogen-bond acceptors (Lipinski definition) is 4. The summed E-state index contributed by atoms with van der Waals surface area (Å²) in [6.07, 6.45) is 2.44. The number of ether oxygens (including phenoxy) is 1. The molecule has 4 nitrogen and oxygen atoms in total. The lowest BCUT2D eigenvalue weighted by Gasteiger charge is -2.38. The molecule has 0 aliphatic carbocycles. The number of fused-ring (bicyclic) bond motifs is 2. The highest BCUT2D eigenvalue weighted by molar-refractivity contribution is 9.10. The number of pyridine rings is 1. The molecule has 0 radical (unpaired) electrons. The number of halogens is 2. The number of rotatable bonds is 10. The Balaban J connectivity index is 1.74. The first-order valence-electron chi connectivity index (χ1n) is 13.5. The largest absolute Gasteiger partial charge is 0.481 e. The van der Waals surface area contributed by atoms with Crippen LogP contribution in [-0.2, 0) is 5.60 Å². The van der Waals surface area contributed by atoms with Crippen molar-refractivity contribution in [3.8, 4) is 5.88 Å². The maximum atomic E-state index is 13.1. The molecule has 0 aliphatic heterocycles. The monoisotopic (exact) mass is 660 g/mol. The first-order valence-corrected chi connectivity index (χ1v) is 15.1. The minimum atomic E-state index is -1.22. The van der Waals surface area contributed by atoms with Crippen LogP contribution in [0.1, 0.15) is 41.9 Å². The minimum absolute atomic E-state index is 0.410. The second-order valence-electron chi connectivity index (χ2n) is 10.7. The van der Waals surface area contributed by atoms with Gasteiger partial charge in [-0.3, -0.25) is 0 Å². The maximum absolute atomic E-state index is 13.1. The molecule has 0 saturated carbocycles. The summed E-state index contributed by atoms with van der Waals surface area (Å²) in [5.41, 5.74) is 2.40. The van der Waals surface area contributed by atoms with Crippen LogP contribution in [-0.4, -0.2) is 42.7 Å². The van der Waals surface area contributed by atoms with Crippen LogP contribution in [0.4, 0.5) is 0 Å². The van der Waals surface area contributed by atoms with Crippen molar-refractivity contribution >= 4 is 53.5 Å². The lowest BCUT2D eigenvalue weighted by Crippen LogP contribution is -2.35. The summed E-state index contributed by atoms with van der Waals surface area (Å²) in [6.45, 7) is 0.965. The third kappa shape index (κ3) is 6.10. The van der Waals surface area contributed by atoms with Crippen molar-refractivity contribution in [2.45, 2.75) is 30.8 Å². The van der Waals surface area contributed by atoms with Crippen molar-refractivity contribution in [2.24, 2.45) is 0 Å². The highest BCUT2D eigenvalue weighted by Crippen LogP contribution is 2.48. The van der Waals surface area contributed by atoms with Crippen molar-refractivity contribution in [2.75, 3.05) is 27.7 Å². The van der Waals surface area contributed by atoms with Crippen molar-refractivity contribution in [1.82, 2.24) is 9.88 Å². The van der Waals surface area contributed by atoms with E-state index in [-0.39, 0.29) is 0 Å². The standard InChI is InChI=1S/C34H34Br2N2O2/c1-38(2)18-8-7-17-34(39,27-13-11-25-20-28(35)14-12-24(25)19-27)32(23-9-5-4-6-10-23)30-22-26-21-29(36)15-16-31(26)37-33(30)40-3/h4-6,9-16,19-22,32,39H,7-8,17-18H2,1-3H3. The highest BCUT2D eigenvalue weighted by atomic mass is 79.9. The predicted molar refractivity (Wildman–Crippen MR) is 172 cm³/mol. The van der Waals surface area contributed by atoms with E-state index in [1.165, 1.54) is 0 Å². The average molecular weight is 662 g/mol. The lowest BCUT2D eigenvalue weighted by molar-refractivity contribution is 0.00690. The first-order chi connectivity index (χ1) is 19.3. The van der Waals surface area contributed by atoms with Gasteiger partial charge in [0.15, 0.2) is 0 Å². The van der Waals surface area contributed by atoms with Gasteiger partial charge >= 0.3 is 0 Å². The average Bonchev–Trinajstić information content (AvgIpc) is 2.95. The molecule has 0 aliphatic rings. The fraction of sp³-hybridized carbons (Fsp3) is 0.265. The molecule has 5 rings (SSSR count). The minimum Gasteiger partial charge on any atom is -0.481 e. The smallest absolute Gasteiger partial charge is 0.217 e. The summed E-state index contributed by atoms with van der Waals surface area (Å²) in [6, 6.07) is 31.0. The topological polar surface area (TPSA) is 45.6 Å². The van der Waals surface area contributed by atoms with Crippen molar-refractivity contribution in [1.29, 1.82) is 0 Å². The Kier molecular flexibility index (Phi) is 8.91. The van der Waals surface area contributed by atoms with Gasteiger partial charge in [0.05, 0.1) is 12.6 Å².